The van der Waals surface area contributed by atoms with E-state index >= 15 is 0 Å². The first-order chi connectivity index (χ1) is 11.6. The molecule has 122 valence electrons. The van der Waals surface area contributed by atoms with Crippen molar-refractivity contribution in [3.8, 4) is 5.75 Å². The van der Waals surface area contributed by atoms with Crippen LogP contribution in [0.1, 0.15) is 18.5 Å². The average Bonchev–Trinajstić information content (AvgIpc) is 2.60. The van der Waals surface area contributed by atoms with E-state index in [0.29, 0.717) is 0 Å². The van der Waals surface area contributed by atoms with Gasteiger partial charge in [-0.05, 0) is 41.5 Å². The average molecular weight is 323 g/mol. The molecule has 3 aromatic carbocycles. The molecular weight excluding hydrogens is 305 g/mol. The second-order valence-electron chi connectivity index (χ2n) is 5.61. The van der Waals surface area contributed by atoms with Gasteiger partial charge in [0.1, 0.15) is 0 Å². The monoisotopic (exact) mass is 323 g/mol. The molecule has 0 fully saturated rings. The Hall–Kier alpha value is -2.88. The van der Waals surface area contributed by atoms with Crippen molar-refractivity contribution < 1.29 is 13.9 Å². The Kier molecular flexibility index (Phi) is 4.75. The van der Waals surface area contributed by atoms with Gasteiger partial charge in [-0.15, -0.1) is 0 Å². The predicted molar refractivity (Wildman–Crippen MR) is 92.4 cm³/mol. The van der Waals surface area contributed by atoms with Gasteiger partial charge in [-0.1, -0.05) is 48.5 Å². The summed E-state index contributed by atoms with van der Waals surface area (Å²) in [5.74, 6) is -0.696. The van der Waals surface area contributed by atoms with Crippen LogP contribution >= 0.6 is 0 Å². The van der Waals surface area contributed by atoms with E-state index in [9.17, 15) is 9.18 Å². The number of para-hydroxylation sites is 1. The third-order valence-electron chi connectivity index (χ3n) is 3.85. The zero-order chi connectivity index (χ0) is 16.9. The summed E-state index contributed by atoms with van der Waals surface area (Å²) in [6.45, 7) is 1.68. The van der Waals surface area contributed by atoms with Gasteiger partial charge in [-0.25, -0.2) is 4.39 Å². The highest BCUT2D eigenvalue weighted by atomic mass is 19.1. The molecule has 1 N–H and O–H groups in total. The topological polar surface area (TPSA) is 38.3 Å². The zero-order valence-corrected chi connectivity index (χ0v) is 13.3. The summed E-state index contributed by atoms with van der Waals surface area (Å²) in [4.78, 5) is 12.0. The minimum Gasteiger partial charge on any atom is -0.481 e. The summed E-state index contributed by atoms with van der Waals surface area (Å²) in [6, 6.07) is 20.0. The minimum absolute atomic E-state index is 0.0750. The van der Waals surface area contributed by atoms with Crippen LogP contribution in [-0.4, -0.2) is 12.5 Å². The van der Waals surface area contributed by atoms with Crippen LogP contribution in [0.4, 0.5) is 4.39 Å². The predicted octanol–water partition coefficient (Wildman–Crippen LogP) is 4.24. The molecule has 0 heterocycles. The Bertz CT molecular complexity index is 863. The molecule has 0 aliphatic carbocycles. The Morgan fingerprint density at radius 3 is 2.54 bits per heavy atom. The third-order valence-corrected chi connectivity index (χ3v) is 3.85. The maximum absolute atomic E-state index is 13.5. The minimum atomic E-state index is -0.479. The van der Waals surface area contributed by atoms with Crippen LogP contribution in [0, 0.1) is 5.82 Å². The maximum Gasteiger partial charge on any atom is 0.258 e. The molecule has 0 aliphatic heterocycles. The van der Waals surface area contributed by atoms with Gasteiger partial charge in [0.15, 0.2) is 18.2 Å². The first-order valence-electron chi connectivity index (χ1n) is 7.79. The van der Waals surface area contributed by atoms with Crippen molar-refractivity contribution in [1.29, 1.82) is 0 Å². The number of carbonyl (C=O) groups excluding carboxylic acids is 1. The van der Waals surface area contributed by atoms with E-state index in [0.717, 1.165) is 16.3 Å². The van der Waals surface area contributed by atoms with E-state index in [-0.39, 0.29) is 24.3 Å². The molecule has 3 aromatic rings. The first kappa shape index (κ1) is 16.0. The number of halogens is 1. The number of nitrogens with one attached hydrogen (secondary N) is 1. The van der Waals surface area contributed by atoms with Crippen molar-refractivity contribution in [2.45, 2.75) is 13.0 Å². The van der Waals surface area contributed by atoms with Gasteiger partial charge >= 0.3 is 0 Å². The van der Waals surface area contributed by atoms with Crippen LogP contribution in [0.25, 0.3) is 10.8 Å². The fraction of sp³-hybridized carbons (Fsp3) is 0.150. The number of hydrogen-bond acceptors (Lipinski definition) is 2. The first-order valence-corrected chi connectivity index (χ1v) is 7.79. The summed E-state index contributed by atoms with van der Waals surface area (Å²) in [5.41, 5.74) is 1.01. The number of fused-ring (bicyclic) bond motifs is 1. The number of benzene rings is 3. The van der Waals surface area contributed by atoms with Gasteiger partial charge in [0.05, 0.1) is 6.04 Å². The van der Waals surface area contributed by atoms with Crippen molar-refractivity contribution >= 4 is 16.7 Å². The van der Waals surface area contributed by atoms with E-state index < -0.39 is 5.82 Å². The summed E-state index contributed by atoms with van der Waals surface area (Å²) in [7, 11) is 0. The third kappa shape index (κ3) is 3.71. The highest BCUT2D eigenvalue weighted by Crippen LogP contribution is 2.20. The van der Waals surface area contributed by atoms with Crippen LogP contribution in [0.15, 0.2) is 66.7 Å². The number of amides is 1. The van der Waals surface area contributed by atoms with Crippen LogP contribution in [0.2, 0.25) is 0 Å². The normalized spacial score (nSPS) is 11.9. The molecule has 0 aliphatic rings. The Morgan fingerprint density at radius 2 is 1.75 bits per heavy atom. The summed E-state index contributed by atoms with van der Waals surface area (Å²) in [6.07, 6.45) is 0. The Morgan fingerprint density at radius 1 is 1.04 bits per heavy atom. The van der Waals surface area contributed by atoms with Crippen molar-refractivity contribution in [2.75, 3.05) is 6.61 Å². The van der Waals surface area contributed by atoms with E-state index in [2.05, 4.69) is 11.4 Å². The fourth-order valence-corrected chi connectivity index (χ4v) is 2.55. The number of rotatable bonds is 5. The van der Waals surface area contributed by atoms with Gasteiger partial charge in [-0.3, -0.25) is 4.79 Å². The van der Waals surface area contributed by atoms with E-state index in [4.69, 9.17) is 4.74 Å². The van der Waals surface area contributed by atoms with Gasteiger partial charge in [0.25, 0.3) is 5.91 Å². The smallest absolute Gasteiger partial charge is 0.258 e. The molecule has 0 saturated heterocycles. The molecule has 0 unspecified atom stereocenters. The Labute approximate surface area is 140 Å². The molecule has 24 heavy (non-hydrogen) atoms. The van der Waals surface area contributed by atoms with Crippen molar-refractivity contribution in [3.63, 3.8) is 0 Å². The van der Waals surface area contributed by atoms with Gasteiger partial charge in [0.2, 0.25) is 0 Å². The van der Waals surface area contributed by atoms with Crippen molar-refractivity contribution in [3.05, 3.63) is 78.1 Å². The van der Waals surface area contributed by atoms with Gasteiger partial charge in [-0.2, -0.15) is 0 Å². The highest BCUT2D eigenvalue weighted by Gasteiger charge is 2.11. The van der Waals surface area contributed by atoms with Crippen molar-refractivity contribution in [2.24, 2.45) is 0 Å². The molecule has 1 atom stereocenters. The molecule has 3 rings (SSSR count). The molecule has 0 spiro atoms. The molecule has 1 amide bonds. The summed E-state index contributed by atoms with van der Waals surface area (Å²) >= 11 is 0. The van der Waals surface area contributed by atoms with E-state index in [1.54, 1.807) is 12.1 Å². The number of hydrogen-bond donors (Lipinski definition) is 1. The van der Waals surface area contributed by atoms with Crippen LogP contribution in [-0.2, 0) is 4.79 Å². The van der Waals surface area contributed by atoms with Crippen molar-refractivity contribution in [1.82, 2.24) is 5.32 Å². The molecule has 4 heteroatoms. The lowest BCUT2D eigenvalue weighted by Gasteiger charge is -2.15. The van der Waals surface area contributed by atoms with Crippen LogP contribution < -0.4 is 10.1 Å². The van der Waals surface area contributed by atoms with Gasteiger partial charge in [0, 0.05) is 0 Å². The molecule has 0 bridgehead atoms. The van der Waals surface area contributed by atoms with Gasteiger partial charge < -0.3 is 10.1 Å². The lowest BCUT2D eigenvalue weighted by molar-refractivity contribution is -0.123. The van der Waals surface area contributed by atoms with E-state index in [1.807, 2.05) is 43.3 Å². The van der Waals surface area contributed by atoms with Crippen LogP contribution in [0.3, 0.4) is 0 Å². The largest absolute Gasteiger partial charge is 0.481 e. The SMILES string of the molecule is C[C@@H](NC(=O)COc1ccccc1F)c1ccc2ccccc2c1. The highest BCUT2D eigenvalue weighted by molar-refractivity contribution is 5.83. The zero-order valence-electron chi connectivity index (χ0n) is 13.3. The quantitative estimate of drug-likeness (QED) is 0.763. The molecule has 3 nitrogen and oxygen atoms in total. The molecule has 0 radical (unpaired) electrons. The standard InChI is InChI=1S/C20H18FNO2/c1-14(16-11-10-15-6-2-3-7-17(15)12-16)22-20(23)13-24-19-9-5-4-8-18(19)21/h2-12,14H,13H2,1H3,(H,22,23)/t14-/m1/s1. The molecular formula is C20H18FNO2. The second kappa shape index (κ2) is 7.13. The fourth-order valence-electron chi connectivity index (χ4n) is 2.55. The van der Waals surface area contributed by atoms with Crippen LogP contribution in [0.5, 0.6) is 5.75 Å². The van der Waals surface area contributed by atoms with E-state index in [1.165, 1.54) is 12.1 Å². The second-order valence-corrected chi connectivity index (χ2v) is 5.61. The molecule has 0 saturated carbocycles. The number of ether oxygens (including phenoxy) is 1. The maximum atomic E-state index is 13.5. The Balaban J connectivity index is 1.61. The lowest BCUT2D eigenvalue weighted by atomic mass is 10.0. The molecule has 0 aromatic heterocycles. The lowest BCUT2D eigenvalue weighted by Crippen LogP contribution is -2.31. The summed E-state index contributed by atoms with van der Waals surface area (Å²) < 4.78 is 18.7. The summed E-state index contributed by atoms with van der Waals surface area (Å²) in [5, 5.41) is 5.14. The number of carbonyl (C=O) groups is 1.